The second-order valence-corrected chi connectivity index (χ2v) is 6.24. The Morgan fingerprint density at radius 2 is 1.58 bits per heavy atom. The van der Waals surface area contributed by atoms with E-state index in [1.54, 1.807) is 0 Å². The van der Waals surface area contributed by atoms with Gasteiger partial charge in [-0.3, -0.25) is 19.3 Å². The third-order valence-corrected chi connectivity index (χ3v) is 3.75. The average Bonchev–Trinajstić information content (AvgIpc) is 2.22. The quantitative estimate of drug-likeness (QED) is 0.390. The number of carbonyl (C=O) groups is 3. The maximum Gasteiger partial charge on any atom is 0.317 e. The summed E-state index contributed by atoms with van der Waals surface area (Å²) in [5.41, 5.74) is 9.76. The molecule has 0 bridgehead atoms. The van der Waals surface area contributed by atoms with Crippen molar-refractivity contribution in [3.63, 3.8) is 0 Å². The molecule has 19 heavy (non-hydrogen) atoms. The number of sulfone groups is 1. The van der Waals surface area contributed by atoms with Gasteiger partial charge in [0.15, 0.2) is 9.84 Å². The maximum absolute atomic E-state index is 11.5. The molecule has 0 heterocycles. The Labute approximate surface area is 110 Å². The minimum atomic E-state index is -3.53. The van der Waals surface area contributed by atoms with Gasteiger partial charge >= 0.3 is 5.97 Å². The van der Waals surface area contributed by atoms with E-state index in [1.807, 2.05) is 0 Å². The van der Waals surface area contributed by atoms with Crippen LogP contribution in [0.5, 0.6) is 0 Å². The largest absolute Gasteiger partial charge is 0.480 e. The standard InChI is InChI=1S/C9H17N3O6S/c10-7(13)1-3-19(17,18)4-2-12(5-8(11)14)6-9(15)16/h1-6H2,(H2,10,13)(H2,11,14)(H,15,16). The van der Waals surface area contributed by atoms with Crippen LogP contribution < -0.4 is 11.5 Å². The van der Waals surface area contributed by atoms with Gasteiger partial charge in [0.1, 0.15) is 0 Å². The number of carboxylic acid groups (broad SMARTS) is 1. The highest BCUT2D eigenvalue weighted by molar-refractivity contribution is 7.91. The van der Waals surface area contributed by atoms with Crippen molar-refractivity contribution < 1.29 is 27.9 Å². The van der Waals surface area contributed by atoms with Crippen molar-refractivity contribution >= 4 is 27.6 Å². The van der Waals surface area contributed by atoms with Crippen LogP contribution in [0, 0.1) is 0 Å². The van der Waals surface area contributed by atoms with Crippen LogP contribution in [-0.4, -0.2) is 67.3 Å². The predicted octanol–water partition coefficient (Wildman–Crippen LogP) is -2.85. The van der Waals surface area contributed by atoms with E-state index in [2.05, 4.69) is 0 Å². The zero-order valence-corrected chi connectivity index (χ0v) is 11.1. The summed E-state index contributed by atoms with van der Waals surface area (Å²) in [7, 11) is -3.53. The summed E-state index contributed by atoms with van der Waals surface area (Å²) in [4.78, 5) is 32.8. The zero-order valence-electron chi connectivity index (χ0n) is 10.2. The molecule has 0 radical (unpaired) electrons. The molecule has 0 rings (SSSR count). The minimum Gasteiger partial charge on any atom is -0.480 e. The van der Waals surface area contributed by atoms with Gasteiger partial charge in [0.25, 0.3) is 0 Å². The molecule has 10 heteroatoms. The molecular formula is C9H17N3O6S. The van der Waals surface area contributed by atoms with Crippen LogP contribution in [0.15, 0.2) is 0 Å². The number of nitrogens with two attached hydrogens (primary N) is 2. The van der Waals surface area contributed by atoms with Crippen molar-refractivity contribution in [3.8, 4) is 0 Å². The van der Waals surface area contributed by atoms with E-state index in [9.17, 15) is 22.8 Å². The molecule has 0 saturated heterocycles. The van der Waals surface area contributed by atoms with Gasteiger partial charge in [0.05, 0.1) is 24.6 Å². The first-order valence-electron chi connectivity index (χ1n) is 5.33. The van der Waals surface area contributed by atoms with Crippen molar-refractivity contribution in [3.05, 3.63) is 0 Å². The van der Waals surface area contributed by atoms with Gasteiger partial charge in [-0.15, -0.1) is 0 Å². The Morgan fingerprint density at radius 3 is 2.00 bits per heavy atom. The van der Waals surface area contributed by atoms with Crippen molar-refractivity contribution in [2.45, 2.75) is 6.42 Å². The Kier molecular flexibility index (Phi) is 7.01. The van der Waals surface area contributed by atoms with Crippen molar-refractivity contribution in [1.29, 1.82) is 0 Å². The van der Waals surface area contributed by atoms with E-state index in [0.29, 0.717) is 0 Å². The molecule has 9 nitrogen and oxygen atoms in total. The Bertz CT molecular complexity index is 431. The molecule has 0 spiro atoms. The fourth-order valence-corrected chi connectivity index (χ4v) is 2.50. The van der Waals surface area contributed by atoms with Crippen LogP contribution in [0.2, 0.25) is 0 Å². The highest BCUT2D eigenvalue weighted by Crippen LogP contribution is 1.97. The number of nitrogens with zero attached hydrogens (tertiary/aromatic N) is 1. The lowest BCUT2D eigenvalue weighted by Gasteiger charge is -2.18. The Balaban J connectivity index is 4.40. The summed E-state index contributed by atoms with van der Waals surface area (Å²) < 4.78 is 23.0. The topological polar surface area (TPSA) is 161 Å². The smallest absolute Gasteiger partial charge is 0.317 e. The lowest BCUT2D eigenvalue weighted by molar-refractivity contribution is -0.138. The van der Waals surface area contributed by atoms with Gasteiger partial charge in [-0.2, -0.15) is 0 Å². The van der Waals surface area contributed by atoms with Gasteiger partial charge in [-0.05, 0) is 0 Å². The lowest BCUT2D eigenvalue weighted by Crippen LogP contribution is -2.40. The van der Waals surface area contributed by atoms with E-state index < -0.39 is 39.9 Å². The van der Waals surface area contributed by atoms with Gasteiger partial charge < -0.3 is 16.6 Å². The zero-order chi connectivity index (χ0) is 15.1. The molecule has 0 aliphatic rings. The SMILES string of the molecule is NC(=O)CCS(=O)(=O)CCN(CC(N)=O)CC(=O)O. The Hall–Kier alpha value is -1.68. The molecular weight excluding hydrogens is 278 g/mol. The van der Waals surface area contributed by atoms with Crippen LogP contribution in [0.1, 0.15) is 6.42 Å². The van der Waals surface area contributed by atoms with Crippen molar-refractivity contribution in [2.75, 3.05) is 31.1 Å². The van der Waals surface area contributed by atoms with Gasteiger partial charge in [-0.1, -0.05) is 0 Å². The summed E-state index contributed by atoms with van der Waals surface area (Å²) in [6, 6.07) is 0. The fraction of sp³-hybridized carbons (Fsp3) is 0.667. The van der Waals surface area contributed by atoms with E-state index in [4.69, 9.17) is 16.6 Å². The molecule has 0 unspecified atom stereocenters. The van der Waals surface area contributed by atoms with Gasteiger partial charge in [0.2, 0.25) is 11.8 Å². The highest BCUT2D eigenvalue weighted by atomic mass is 32.2. The molecule has 0 aliphatic heterocycles. The van der Waals surface area contributed by atoms with E-state index in [0.717, 1.165) is 4.90 Å². The molecule has 0 atom stereocenters. The lowest BCUT2D eigenvalue weighted by atomic mass is 10.4. The molecule has 0 aromatic rings. The predicted molar refractivity (Wildman–Crippen MR) is 65.7 cm³/mol. The summed E-state index contributed by atoms with van der Waals surface area (Å²) >= 11 is 0. The summed E-state index contributed by atoms with van der Waals surface area (Å²) in [6.07, 6.45) is -0.295. The first-order chi connectivity index (χ1) is 8.62. The van der Waals surface area contributed by atoms with Crippen LogP contribution in [-0.2, 0) is 24.2 Å². The van der Waals surface area contributed by atoms with Crippen molar-refractivity contribution in [2.24, 2.45) is 11.5 Å². The number of rotatable bonds is 10. The third-order valence-electron chi connectivity index (χ3n) is 2.12. The second-order valence-electron chi connectivity index (χ2n) is 3.94. The van der Waals surface area contributed by atoms with Gasteiger partial charge in [0, 0.05) is 13.0 Å². The second kappa shape index (κ2) is 7.69. The average molecular weight is 295 g/mol. The number of amides is 2. The van der Waals surface area contributed by atoms with E-state index in [1.165, 1.54) is 0 Å². The molecule has 5 N–H and O–H groups in total. The molecule has 0 fully saturated rings. The number of hydrogen-bond acceptors (Lipinski definition) is 6. The monoisotopic (exact) mass is 295 g/mol. The van der Waals surface area contributed by atoms with Crippen molar-refractivity contribution in [1.82, 2.24) is 4.90 Å². The number of aliphatic carboxylic acids is 1. The molecule has 0 aromatic heterocycles. The normalized spacial score (nSPS) is 11.4. The third kappa shape index (κ3) is 9.97. The fourth-order valence-electron chi connectivity index (χ4n) is 1.25. The van der Waals surface area contributed by atoms with Crippen LogP contribution in [0.25, 0.3) is 0 Å². The maximum atomic E-state index is 11.5. The molecule has 0 aliphatic carbocycles. The first kappa shape index (κ1) is 17.3. The number of carboxylic acids is 1. The summed E-state index contributed by atoms with van der Waals surface area (Å²) in [5.74, 6) is -3.46. The molecule has 110 valence electrons. The first-order valence-corrected chi connectivity index (χ1v) is 7.15. The number of hydrogen-bond donors (Lipinski definition) is 3. The van der Waals surface area contributed by atoms with E-state index >= 15 is 0 Å². The van der Waals surface area contributed by atoms with E-state index in [-0.39, 0.29) is 25.3 Å². The summed E-state index contributed by atoms with van der Waals surface area (Å²) in [5, 5.41) is 8.60. The highest BCUT2D eigenvalue weighted by Gasteiger charge is 2.17. The molecule has 0 aromatic carbocycles. The number of primary amides is 2. The number of carbonyl (C=O) groups excluding carboxylic acids is 2. The molecule has 0 saturated carbocycles. The van der Waals surface area contributed by atoms with Crippen LogP contribution in [0.4, 0.5) is 0 Å². The summed E-state index contributed by atoms with van der Waals surface area (Å²) in [6.45, 7) is -0.998. The van der Waals surface area contributed by atoms with Crippen LogP contribution in [0.3, 0.4) is 0 Å². The Morgan fingerprint density at radius 1 is 1.00 bits per heavy atom. The minimum absolute atomic E-state index is 0.156. The van der Waals surface area contributed by atoms with Gasteiger partial charge in [-0.25, -0.2) is 8.42 Å². The van der Waals surface area contributed by atoms with Crippen LogP contribution >= 0.6 is 0 Å². The molecule has 2 amide bonds.